The first-order chi connectivity index (χ1) is 14.1. The number of rotatable bonds is 7. The maximum absolute atomic E-state index is 12.4. The molecule has 2 aliphatic rings. The average molecular weight is 399 g/mol. The van der Waals surface area contributed by atoms with E-state index < -0.39 is 5.97 Å². The van der Waals surface area contributed by atoms with E-state index in [2.05, 4.69) is 4.98 Å². The molecule has 8 nitrogen and oxygen atoms in total. The fourth-order valence-electron chi connectivity index (χ4n) is 4.46. The highest BCUT2D eigenvalue weighted by Crippen LogP contribution is 2.37. The number of aryl methyl sites for hydroxylation is 1. The molecule has 2 fully saturated rings. The second-order valence-electron chi connectivity index (χ2n) is 7.75. The molecule has 1 aliphatic carbocycles. The number of esters is 1. The van der Waals surface area contributed by atoms with E-state index in [0.29, 0.717) is 13.0 Å². The summed E-state index contributed by atoms with van der Waals surface area (Å²) in [6.45, 7) is 0.700. The Bertz CT molecular complexity index is 968. The summed E-state index contributed by atoms with van der Waals surface area (Å²) < 4.78 is 6.84. The summed E-state index contributed by atoms with van der Waals surface area (Å²) in [6, 6.07) is 7.42. The van der Waals surface area contributed by atoms with Crippen LogP contribution in [-0.2, 0) is 25.7 Å². The average Bonchev–Trinajstić information content (AvgIpc) is 3.17. The minimum absolute atomic E-state index is 0.00392. The molecule has 1 N–H and O–H groups in total. The van der Waals surface area contributed by atoms with E-state index in [-0.39, 0.29) is 48.9 Å². The number of aromatic amines is 1. The Kier molecular flexibility index (Phi) is 5.51. The Morgan fingerprint density at radius 1 is 1.03 bits per heavy atom. The van der Waals surface area contributed by atoms with Gasteiger partial charge in [0.1, 0.15) is 0 Å². The Labute approximate surface area is 167 Å². The summed E-state index contributed by atoms with van der Waals surface area (Å²) in [4.78, 5) is 52.9. The van der Waals surface area contributed by atoms with E-state index in [1.54, 1.807) is 4.57 Å². The lowest BCUT2D eigenvalue weighted by atomic mass is 9.81. The van der Waals surface area contributed by atoms with Gasteiger partial charge in [-0.05, 0) is 31.4 Å². The van der Waals surface area contributed by atoms with Crippen LogP contribution in [0.25, 0.3) is 11.0 Å². The number of carbonyl (C=O) groups is 3. The number of benzene rings is 1. The summed E-state index contributed by atoms with van der Waals surface area (Å²) in [5.41, 5.74) is 1.40. The number of H-pyrrole nitrogens is 1. The van der Waals surface area contributed by atoms with Crippen LogP contribution >= 0.6 is 0 Å². The standard InChI is InChI=1S/C21H25N3O5/c25-18(10-12-24-19(26)14-6-1-2-7-15(14)20(24)27)29-13-5-11-23-17-9-4-3-8-16(17)22-21(23)28/h3-4,8-9,14-15H,1-2,5-7,10-13H2,(H,22,28)/t14-,15-/m1/s1. The molecule has 29 heavy (non-hydrogen) atoms. The summed E-state index contributed by atoms with van der Waals surface area (Å²) in [7, 11) is 0. The number of fused-ring (bicyclic) bond motifs is 2. The van der Waals surface area contributed by atoms with Crippen LogP contribution in [0.4, 0.5) is 0 Å². The van der Waals surface area contributed by atoms with Crippen molar-refractivity contribution in [3.05, 3.63) is 34.7 Å². The van der Waals surface area contributed by atoms with E-state index in [9.17, 15) is 19.2 Å². The van der Waals surface area contributed by atoms with Gasteiger partial charge in [-0.3, -0.25) is 23.9 Å². The minimum Gasteiger partial charge on any atom is -0.466 e. The summed E-state index contributed by atoms with van der Waals surface area (Å²) in [5.74, 6) is -1.09. The highest BCUT2D eigenvalue weighted by molar-refractivity contribution is 6.05. The molecule has 1 saturated heterocycles. The fraction of sp³-hybridized carbons (Fsp3) is 0.524. The summed E-state index contributed by atoms with van der Waals surface area (Å²) in [5, 5.41) is 0. The number of imide groups is 1. The molecule has 2 aromatic rings. The number of carbonyl (C=O) groups excluding carboxylic acids is 3. The summed E-state index contributed by atoms with van der Waals surface area (Å²) >= 11 is 0. The van der Waals surface area contributed by atoms with E-state index >= 15 is 0 Å². The van der Waals surface area contributed by atoms with Crippen molar-refractivity contribution in [3.63, 3.8) is 0 Å². The van der Waals surface area contributed by atoms with Gasteiger partial charge in [0.15, 0.2) is 0 Å². The number of ether oxygens (including phenoxy) is 1. The zero-order valence-corrected chi connectivity index (χ0v) is 16.3. The number of likely N-dealkylation sites (tertiary alicyclic amines) is 1. The van der Waals surface area contributed by atoms with Crippen molar-refractivity contribution < 1.29 is 19.1 Å². The first-order valence-electron chi connectivity index (χ1n) is 10.2. The number of para-hydroxylation sites is 2. The Morgan fingerprint density at radius 2 is 1.72 bits per heavy atom. The molecule has 0 bridgehead atoms. The van der Waals surface area contributed by atoms with Crippen LogP contribution in [0.3, 0.4) is 0 Å². The van der Waals surface area contributed by atoms with Crippen molar-refractivity contribution in [1.29, 1.82) is 0 Å². The highest BCUT2D eigenvalue weighted by atomic mass is 16.5. The third kappa shape index (κ3) is 3.83. The Morgan fingerprint density at radius 3 is 2.45 bits per heavy atom. The zero-order chi connectivity index (χ0) is 20.4. The molecule has 1 aromatic carbocycles. The number of nitrogens with zero attached hydrogens (tertiary/aromatic N) is 2. The Balaban J connectivity index is 1.22. The third-order valence-corrected chi connectivity index (χ3v) is 5.94. The van der Waals surface area contributed by atoms with Crippen molar-refractivity contribution in [3.8, 4) is 0 Å². The lowest BCUT2D eigenvalue weighted by molar-refractivity contribution is -0.145. The zero-order valence-electron chi connectivity index (χ0n) is 16.3. The number of nitrogens with one attached hydrogen (secondary N) is 1. The molecule has 0 radical (unpaired) electrons. The monoisotopic (exact) mass is 399 g/mol. The molecule has 2 atom stereocenters. The molecular weight excluding hydrogens is 374 g/mol. The van der Waals surface area contributed by atoms with Gasteiger partial charge in [-0.2, -0.15) is 0 Å². The molecule has 1 aliphatic heterocycles. The van der Waals surface area contributed by atoms with Gasteiger partial charge < -0.3 is 9.72 Å². The van der Waals surface area contributed by atoms with Crippen molar-refractivity contribution in [2.24, 2.45) is 11.8 Å². The molecule has 0 spiro atoms. The lowest BCUT2D eigenvalue weighted by Crippen LogP contribution is -2.33. The number of hydrogen-bond acceptors (Lipinski definition) is 5. The second kappa shape index (κ2) is 8.23. The van der Waals surface area contributed by atoms with Gasteiger partial charge in [0.25, 0.3) is 0 Å². The Hall–Kier alpha value is -2.90. The van der Waals surface area contributed by atoms with Crippen LogP contribution in [0.5, 0.6) is 0 Å². The smallest absolute Gasteiger partial charge is 0.326 e. The van der Waals surface area contributed by atoms with E-state index in [1.807, 2.05) is 24.3 Å². The molecule has 8 heteroatoms. The molecular formula is C21H25N3O5. The van der Waals surface area contributed by atoms with Crippen molar-refractivity contribution in [2.45, 2.75) is 45.1 Å². The highest BCUT2D eigenvalue weighted by Gasteiger charge is 2.47. The van der Waals surface area contributed by atoms with E-state index in [1.165, 1.54) is 4.90 Å². The van der Waals surface area contributed by atoms with Gasteiger partial charge in [0.2, 0.25) is 11.8 Å². The number of amides is 2. The van der Waals surface area contributed by atoms with Crippen LogP contribution in [0.1, 0.15) is 38.5 Å². The molecule has 154 valence electrons. The van der Waals surface area contributed by atoms with Crippen LogP contribution in [0.2, 0.25) is 0 Å². The predicted molar refractivity (Wildman–Crippen MR) is 105 cm³/mol. The van der Waals surface area contributed by atoms with E-state index in [4.69, 9.17) is 4.74 Å². The first-order valence-corrected chi connectivity index (χ1v) is 10.2. The first kappa shape index (κ1) is 19.4. The topological polar surface area (TPSA) is 101 Å². The van der Waals surface area contributed by atoms with Crippen LogP contribution in [-0.4, -0.2) is 45.4 Å². The molecule has 2 amide bonds. The van der Waals surface area contributed by atoms with Crippen molar-refractivity contribution in [1.82, 2.24) is 14.5 Å². The van der Waals surface area contributed by atoms with E-state index in [0.717, 1.165) is 36.7 Å². The molecule has 1 saturated carbocycles. The van der Waals surface area contributed by atoms with Gasteiger partial charge in [-0.1, -0.05) is 25.0 Å². The second-order valence-corrected chi connectivity index (χ2v) is 7.75. The quantitative estimate of drug-likeness (QED) is 0.435. The maximum atomic E-state index is 12.4. The third-order valence-electron chi connectivity index (χ3n) is 5.94. The normalized spacial score (nSPS) is 21.6. The van der Waals surface area contributed by atoms with Gasteiger partial charge in [-0.25, -0.2) is 4.79 Å². The van der Waals surface area contributed by atoms with Crippen LogP contribution < -0.4 is 5.69 Å². The van der Waals surface area contributed by atoms with Crippen molar-refractivity contribution in [2.75, 3.05) is 13.2 Å². The molecule has 4 rings (SSSR count). The largest absolute Gasteiger partial charge is 0.466 e. The number of aromatic nitrogens is 2. The van der Waals surface area contributed by atoms with Crippen LogP contribution in [0.15, 0.2) is 29.1 Å². The molecule has 2 heterocycles. The van der Waals surface area contributed by atoms with Gasteiger partial charge in [0, 0.05) is 13.1 Å². The maximum Gasteiger partial charge on any atom is 0.326 e. The van der Waals surface area contributed by atoms with Gasteiger partial charge >= 0.3 is 11.7 Å². The molecule has 0 unspecified atom stereocenters. The lowest BCUT2D eigenvalue weighted by Gasteiger charge is -2.19. The van der Waals surface area contributed by atoms with Gasteiger partial charge in [0.05, 0.1) is 35.9 Å². The summed E-state index contributed by atoms with van der Waals surface area (Å²) in [6.07, 6.45) is 4.00. The number of imidazole rings is 1. The predicted octanol–water partition coefficient (Wildman–Crippen LogP) is 1.83. The van der Waals surface area contributed by atoms with Crippen molar-refractivity contribution >= 4 is 28.8 Å². The SMILES string of the molecule is O=C(CCN1C(=O)[C@@H]2CCCC[C@H]2C1=O)OCCCn1c(=O)[nH]c2ccccc21. The fourth-order valence-corrected chi connectivity index (χ4v) is 4.46. The molecule has 1 aromatic heterocycles. The van der Waals surface area contributed by atoms with Crippen LogP contribution in [0, 0.1) is 11.8 Å². The van der Waals surface area contributed by atoms with Gasteiger partial charge in [-0.15, -0.1) is 0 Å². The number of hydrogen-bond donors (Lipinski definition) is 1. The minimum atomic E-state index is -0.438.